The molecule has 0 aliphatic heterocycles. The summed E-state index contributed by atoms with van der Waals surface area (Å²) in [5.41, 5.74) is 1.43. The summed E-state index contributed by atoms with van der Waals surface area (Å²) in [4.78, 5) is 10.6. The first kappa shape index (κ1) is 16.1. The molecule has 124 valence electrons. The lowest BCUT2D eigenvalue weighted by atomic mass is 10.2. The molecule has 6 nitrogen and oxygen atoms in total. The molecule has 24 heavy (non-hydrogen) atoms. The maximum absolute atomic E-state index is 5.42. The monoisotopic (exact) mass is 344 g/mol. The highest BCUT2D eigenvalue weighted by atomic mass is 32.1. The average molecular weight is 344 g/mol. The standard InChI is InChI=1S/C17H16N2O4S/c1-20-14-6-3-5-12(16(14)21-2)9-18-23-11-13-10-22-17(19-13)15-7-4-8-24-15/h3-10H,11H2,1-2H3/b18-9-. The van der Waals surface area contributed by atoms with E-state index in [-0.39, 0.29) is 6.61 Å². The van der Waals surface area contributed by atoms with Crippen LogP contribution in [0.4, 0.5) is 0 Å². The zero-order valence-electron chi connectivity index (χ0n) is 13.3. The third-order valence-corrected chi connectivity index (χ3v) is 4.05. The van der Waals surface area contributed by atoms with Crippen molar-refractivity contribution in [3.05, 3.63) is 53.2 Å². The predicted molar refractivity (Wildman–Crippen MR) is 91.7 cm³/mol. The number of oxazole rings is 1. The molecule has 0 N–H and O–H groups in total. The third kappa shape index (κ3) is 3.57. The molecule has 0 saturated heterocycles. The summed E-state index contributed by atoms with van der Waals surface area (Å²) >= 11 is 1.57. The highest BCUT2D eigenvalue weighted by molar-refractivity contribution is 7.13. The molecule has 0 aliphatic rings. The topological polar surface area (TPSA) is 66.1 Å². The normalized spacial score (nSPS) is 10.9. The Morgan fingerprint density at radius 1 is 1.21 bits per heavy atom. The van der Waals surface area contributed by atoms with Gasteiger partial charge in [0.1, 0.15) is 12.0 Å². The Morgan fingerprint density at radius 2 is 2.12 bits per heavy atom. The van der Waals surface area contributed by atoms with E-state index >= 15 is 0 Å². The van der Waals surface area contributed by atoms with Crippen LogP contribution in [0.5, 0.6) is 11.5 Å². The van der Waals surface area contributed by atoms with Crippen LogP contribution in [0.2, 0.25) is 0 Å². The molecule has 2 aromatic heterocycles. The lowest BCUT2D eigenvalue weighted by Gasteiger charge is -2.09. The molecule has 2 heterocycles. The maximum Gasteiger partial charge on any atom is 0.236 e. The van der Waals surface area contributed by atoms with Gasteiger partial charge in [0.25, 0.3) is 0 Å². The molecule has 0 saturated carbocycles. The molecule has 0 aliphatic carbocycles. The number of benzene rings is 1. The van der Waals surface area contributed by atoms with Gasteiger partial charge in [-0.3, -0.25) is 0 Å². The number of hydrogen-bond acceptors (Lipinski definition) is 7. The number of ether oxygens (including phenoxy) is 2. The summed E-state index contributed by atoms with van der Waals surface area (Å²) in [5.74, 6) is 1.83. The van der Waals surface area contributed by atoms with E-state index in [1.54, 1.807) is 38.0 Å². The van der Waals surface area contributed by atoms with E-state index in [2.05, 4.69) is 10.1 Å². The molecular formula is C17H16N2O4S. The number of oxime groups is 1. The number of para-hydroxylation sites is 1. The van der Waals surface area contributed by atoms with E-state index in [4.69, 9.17) is 18.7 Å². The van der Waals surface area contributed by atoms with Crippen molar-refractivity contribution >= 4 is 17.6 Å². The van der Waals surface area contributed by atoms with Crippen molar-refractivity contribution in [2.45, 2.75) is 6.61 Å². The summed E-state index contributed by atoms with van der Waals surface area (Å²) in [7, 11) is 3.17. The molecule has 1 aromatic carbocycles. The second-order valence-electron chi connectivity index (χ2n) is 4.71. The predicted octanol–water partition coefficient (Wildman–Crippen LogP) is 3.97. The van der Waals surface area contributed by atoms with Gasteiger partial charge >= 0.3 is 0 Å². The average Bonchev–Trinajstić information content (AvgIpc) is 3.29. The van der Waals surface area contributed by atoms with Gasteiger partial charge in [0.15, 0.2) is 18.1 Å². The van der Waals surface area contributed by atoms with Crippen LogP contribution in [0.3, 0.4) is 0 Å². The fourth-order valence-corrected chi connectivity index (χ4v) is 2.75. The van der Waals surface area contributed by atoms with Crippen molar-refractivity contribution < 1.29 is 18.7 Å². The summed E-state index contributed by atoms with van der Waals surface area (Å²) in [6, 6.07) is 9.44. The van der Waals surface area contributed by atoms with Gasteiger partial charge in [0, 0.05) is 5.56 Å². The van der Waals surface area contributed by atoms with Crippen LogP contribution < -0.4 is 9.47 Å². The van der Waals surface area contributed by atoms with E-state index in [0.717, 1.165) is 10.4 Å². The molecule has 0 unspecified atom stereocenters. The van der Waals surface area contributed by atoms with Gasteiger partial charge in [-0.15, -0.1) is 11.3 Å². The fourth-order valence-electron chi connectivity index (χ4n) is 2.10. The quantitative estimate of drug-likeness (QED) is 0.479. The second-order valence-corrected chi connectivity index (χ2v) is 5.66. The number of thiophene rings is 1. The van der Waals surface area contributed by atoms with E-state index in [1.807, 2.05) is 35.7 Å². The van der Waals surface area contributed by atoms with Gasteiger partial charge in [-0.05, 0) is 23.6 Å². The Hall–Kier alpha value is -2.80. The lowest BCUT2D eigenvalue weighted by Crippen LogP contribution is -1.95. The molecule has 0 fully saturated rings. The summed E-state index contributed by atoms with van der Waals surface area (Å²) in [5, 5.41) is 5.93. The number of hydrogen-bond donors (Lipinski definition) is 0. The van der Waals surface area contributed by atoms with Crippen LogP contribution in [0.25, 0.3) is 10.8 Å². The Bertz CT molecular complexity index is 812. The first-order valence-corrected chi connectivity index (χ1v) is 8.04. The third-order valence-electron chi connectivity index (χ3n) is 3.20. The van der Waals surface area contributed by atoms with Gasteiger partial charge in [0.2, 0.25) is 5.89 Å². The van der Waals surface area contributed by atoms with E-state index in [0.29, 0.717) is 23.1 Å². The number of aromatic nitrogens is 1. The Morgan fingerprint density at radius 3 is 2.88 bits per heavy atom. The van der Waals surface area contributed by atoms with Gasteiger partial charge in [-0.2, -0.15) is 0 Å². The molecular weight excluding hydrogens is 328 g/mol. The minimum Gasteiger partial charge on any atom is -0.493 e. The minimum atomic E-state index is 0.220. The first-order chi connectivity index (χ1) is 11.8. The highest BCUT2D eigenvalue weighted by Crippen LogP contribution is 2.29. The molecule has 0 amide bonds. The van der Waals surface area contributed by atoms with Gasteiger partial charge < -0.3 is 18.7 Å². The van der Waals surface area contributed by atoms with Gasteiger partial charge in [-0.25, -0.2) is 4.98 Å². The van der Waals surface area contributed by atoms with Crippen LogP contribution >= 0.6 is 11.3 Å². The zero-order valence-corrected chi connectivity index (χ0v) is 14.1. The van der Waals surface area contributed by atoms with Crippen molar-refractivity contribution in [3.63, 3.8) is 0 Å². The van der Waals surface area contributed by atoms with E-state index in [9.17, 15) is 0 Å². The molecule has 0 atom stereocenters. The summed E-state index contributed by atoms with van der Waals surface area (Å²) in [6.45, 7) is 0.220. The van der Waals surface area contributed by atoms with Crippen LogP contribution in [0.15, 0.2) is 51.5 Å². The molecule has 3 aromatic rings. The Labute approximate surface area is 143 Å². The van der Waals surface area contributed by atoms with Crippen molar-refractivity contribution in [1.82, 2.24) is 4.98 Å². The first-order valence-electron chi connectivity index (χ1n) is 7.16. The van der Waals surface area contributed by atoms with Crippen molar-refractivity contribution in [1.29, 1.82) is 0 Å². The van der Waals surface area contributed by atoms with Gasteiger partial charge in [-0.1, -0.05) is 17.3 Å². The molecule has 0 spiro atoms. The fraction of sp³-hybridized carbons (Fsp3) is 0.176. The SMILES string of the molecule is COc1cccc(/C=N\OCc2coc(-c3cccs3)n2)c1OC. The second kappa shape index (κ2) is 7.65. The smallest absolute Gasteiger partial charge is 0.236 e. The van der Waals surface area contributed by atoms with Crippen LogP contribution in [-0.4, -0.2) is 25.4 Å². The van der Waals surface area contributed by atoms with E-state index in [1.165, 1.54) is 0 Å². The molecule has 0 radical (unpaired) electrons. The molecule has 7 heteroatoms. The zero-order chi connectivity index (χ0) is 16.8. The number of methoxy groups -OCH3 is 2. The lowest BCUT2D eigenvalue weighted by molar-refractivity contribution is 0.129. The Balaban J connectivity index is 1.62. The van der Waals surface area contributed by atoms with Crippen LogP contribution in [0.1, 0.15) is 11.3 Å². The largest absolute Gasteiger partial charge is 0.493 e. The molecule has 0 bridgehead atoms. The number of rotatable bonds is 7. The van der Waals surface area contributed by atoms with Crippen molar-refractivity contribution in [3.8, 4) is 22.3 Å². The maximum atomic E-state index is 5.42. The highest BCUT2D eigenvalue weighted by Gasteiger charge is 2.09. The summed E-state index contributed by atoms with van der Waals surface area (Å²) < 4.78 is 16.0. The van der Waals surface area contributed by atoms with Crippen LogP contribution in [0, 0.1) is 0 Å². The summed E-state index contributed by atoms with van der Waals surface area (Å²) in [6.07, 6.45) is 3.14. The van der Waals surface area contributed by atoms with E-state index < -0.39 is 0 Å². The van der Waals surface area contributed by atoms with Crippen molar-refractivity contribution in [2.24, 2.45) is 5.16 Å². The molecule has 3 rings (SSSR count). The van der Waals surface area contributed by atoms with Crippen molar-refractivity contribution in [2.75, 3.05) is 14.2 Å². The van der Waals surface area contributed by atoms with Gasteiger partial charge in [0.05, 0.1) is 25.3 Å². The Kier molecular flexibility index (Phi) is 5.12. The van der Waals surface area contributed by atoms with Crippen LogP contribution in [-0.2, 0) is 11.4 Å². The minimum absolute atomic E-state index is 0.220. The number of nitrogens with zero attached hydrogens (tertiary/aromatic N) is 2.